The fraction of sp³-hybridized carbons (Fsp3) is 0.125. The molecule has 0 radical (unpaired) electrons. The van der Waals surface area contributed by atoms with Crippen molar-refractivity contribution in [2.45, 2.75) is 13.1 Å². The summed E-state index contributed by atoms with van der Waals surface area (Å²) in [5.74, 6) is -0.0887. The molecule has 0 bridgehead atoms. The van der Waals surface area contributed by atoms with E-state index in [-0.39, 0.29) is 18.8 Å². The molecule has 4 aromatic rings. The lowest BCUT2D eigenvalue weighted by Gasteiger charge is -2.13. The van der Waals surface area contributed by atoms with Gasteiger partial charge in [0.15, 0.2) is 0 Å². The summed E-state index contributed by atoms with van der Waals surface area (Å²) in [6, 6.07) is 19.1. The first-order valence-electron chi connectivity index (χ1n) is 10.2. The average Bonchev–Trinajstić information content (AvgIpc) is 2.86. The Morgan fingerprint density at radius 2 is 1.73 bits per heavy atom. The maximum absolute atomic E-state index is 13.2. The number of carbonyl (C=O) groups excluding carboxylic acids is 1. The molecule has 166 valence electrons. The van der Waals surface area contributed by atoms with Crippen molar-refractivity contribution in [1.29, 1.82) is 0 Å². The molecule has 9 heteroatoms. The molecule has 0 fully saturated rings. The van der Waals surface area contributed by atoms with Crippen LogP contribution in [0.2, 0.25) is 0 Å². The van der Waals surface area contributed by atoms with E-state index in [1.807, 2.05) is 0 Å². The fourth-order valence-corrected chi connectivity index (χ4v) is 3.25. The largest absolute Gasteiger partial charge is 0.497 e. The molecule has 0 spiro atoms. The van der Waals surface area contributed by atoms with Crippen LogP contribution >= 0.6 is 0 Å². The highest BCUT2D eigenvalue weighted by atomic mass is 16.5. The number of carbonyl (C=O) groups is 1. The molecule has 0 unspecified atom stereocenters. The molecule has 0 aliphatic carbocycles. The van der Waals surface area contributed by atoms with Gasteiger partial charge in [-0.3, -0.25) is 19.1 Å². The first-order valence-corrected chi connectivity index (χ1v) is 10.2. The second kappa shape index (κ2) is 9.73. The Balaban J connectivity index is 1.77. The van der Waals surface area contributed by atoms with Crippen LogP contribution in [-0.2, 0) is 13.1 Å². The van der Waals surface area contributed by atoms with Gasteiger partial charge >= 0.3 is 5.69 Å². The van der Waals surface area contributed by atoms with E-state index in [9.17, 15) is 14.4 Å². The van der Waals surface area contributed by atoms with Gasteiger partial charge in [0.25, 0.3) is 11.5 Å². The third-order valence-corrected chi connectivity index (χ3v) is 4.95. The topological polar surface area (TPSA) is 108 Å². The lowest BCUT2D eigenvalue weighted by molar-refractivity contribution is 0.0941. The molecular formula is C24H21N5O4. The van der Waals surface area contributed by atoms with Crippen molar-refractivity contribution in [3.63, 3.8) is 0 Å². The highest BCUT2D eigenvalue weighted by Crippen LogP contribution is 2.13. The van der Waals surface area contributed by atoms with Gasteiger partial charge in [-0.2, -0.15) is 9.78 Å². The number of rotatable bonds is 7. The molecule has 2 aromatic carbocycles. The predicted octanol–water partition coefficient (Wildman–Crippen LogP) is 1.78. The van der Waals surface area contributed by atoms with Crippen LogP contribution in [0.1, 0.15) is 21.6 Å². The van der Waals surface area contributed by atoms with E-state index in [4.69, 9.17) is 4.74 Å². The second-order valence-electron chi connectivity index (χ2n) is 7.16. The SMILES string of the molecule is COc1cccc(Cn2c(=O)c(C(=O)NCc3ccncc3)nn(-c3ccccc3)c2=O)c1. The zero-order valence-electron chi connectivity index (χ0n) is 17.8. The molecule has 9 nitrogen and oxygen atoms in total. The summed E-state index contributed by atoms with van der Waals surface area (Å²) in [6.07, 6.45) is 3.22. The van der Waals surface area contributed by atoms with Crippen molar-refractivity contribution in [3.05, 3.63) is 117 Å². The van der Waals surface area contributed by atoms with E-state index in [0.717, 1.165) is 14.8 Å². The maximum atomic E-state index is 13.2. The first kappa shape index (κ1) is 21.7. The zero-order valence-corrected chi connectivity index (χ0v) is 17.8. The summed E-state index contributed by atoms with van der Waals surface area (Å²) in [5.41, 5.74) is 0.108. The second-order valence-corrected chi connectivity index (χ2v) is 7.16. The minimum Gasteiger partial charge on any atom is -0.497 e. The normalized spacial score (nSPS) is 10.6. The standard InChI is InChI=1S/C24H21N5O4/c1-33-20-9-5-6-18(14-20)16-28-23(31)21(22(30)26-15-17-10-12-25-13-11-17)27-29(24(28)32)19-7-3-2-4-8-19/h2-14H,15-16H2,1H3,(H,26,30). The fourth-order valence-electron chi connectivity index (χ4n) is 3.25. The monoisotopic (exact) mass is 443 g/mol. The molecule has 0 saturated heterocycles. The lowest BCUT2D eigenvalue weighted by Crippen LogP contribution is -2.46. The van der Waals surface area contributed by atoms with Crippen LogP contribution in [0.5, 0.6) is 5.75 Å². The molecule has 0 saturated carbocycles. The zero-order chi connectivity index (χ0) is 23.2. The van der Waals surface area contributed by atoms with Crippen molar-refractivity contribution < 1.29 is 9.53 Å². The van der Waals surface area contributed by atoms with Gasteiger partial charge in [-0.1, -0.05) is 30.3 Å². The van der Waals surface area contributed by atoms with E-state index in [2.05, 4.69) is 15.4 Å². The number of hydrogen-bond acceptors (Lipinski definition) is 6. The van der Waals surface area contributed by atoms with Crippen molar-refractivity contribution in [3.8, 4) is 11.4 Å². The Labute approximate surface area is 188 Å². The molecule has 1 N–H and O–H groups in total. The molecule has 0 aliphatic rings. The van der Waals surface area contributed by atoms with Crippen molar-refractivity contribution in [2.75, 3.05) is 7.11 Å². The Bertz CT molecular complexity index is 1380. The third kappa shape index (κ3) is 4.87. The summed E-state index contributed by atoms with van der Waals surface area (Å²) in [6.45, 7) is 0.137. The third-order valence-electron chi connectivity index (χ3n) is 4.95. The van der Waals surface area contributed by atoms with Gasteiger partial charge < -0.3 is 10.1 Å². The van der Waals surface area contributed by atoms with Crippen LogP contribution < -0.4 is 21.3 Å². The molecular weight excluding hydrogens is 422 g/mol. The maximum Gasteiger partial charge on any atom is 0.352 e. The summed E-state index contributed by atoms with van der Waals surface area (Å²) in [7, 11) is 1.53. The van der Waals surface area contributed by atoms with E-state index in [1.165, 1.54) is 7.11 Å². The summed E-state index contributed by atoms with van der Waals surface area (Å²) < 4.78 is 7.29. The average molecular weight is 443 g/mol. The number of para-hydroxylation sites is 1. The summed E-state index contributed by atoms with van der Waals surface area (Å²) >= 11 is 0. The van der Waals surface area contributed by atoms with Gasteiger partial charge in [0.05, 0.1) is 19.3 Å². The van der Waals surface area contributed by atoms with Crippen LogP contribution in [0.25, 0.3) is 5.69 Å². The van der Waals surface area contributed by atoms with Gasteiger partial charge in [0.2, 0.25) is 5.69 Å². The number of aromatic nitrogens is 4. The van der Waals surface area contributed by atoms with E-state index < -0.39 is 17.2 Å². The number of ether oxygens (including phenoxy) is 1. The van der Waals surface area contributed by atoms with Gasteiger partial charge in [0.1, 0.15) is 5.75 Å². The Morgan fingerprint density at radius 1 is 0.970 bits per heavy atom. The Hall–Kier alpha value is -4.53. The number of amides is 1. The van der Waals surface area contributed by atoms with Crippen LogP contribution in [0.4, 0.5) is 0 Å². The van der Waals surface area contributed by atoms with E-state index in [1.54, 1.807) is 79.1 Å². The summed E-state index contributed by atoms with van der Waals surface area (Å²) in [5, 5.41) is 6.80. The first-order chi connectivity index (χ1) is 16.1. The van der Waals surface area contributed by atoms with Crippen LogP contribution in [0, 0.1) is 0 Å². The minimum absolute atomic E-state index is 0.0468. The molecule has 0 atom stereocenters. The highest BCUT2D eigenvalue weighted by molar-refractivity contribution is 5.91. The van der Waals surface area contributed by atoms with Crippen molar-refractivity contribution >= 4 is 5.91 Å². The van der Waals surface area contributed by atoms with Crippen LogP contribution in [0.15, 0.2) is 88.7 Å². The van der Waals surface area contributed by atoms with Crippen molar-refractivity contribution in [1.82, 2.24) is 24.6 Å². The quantitative estimate of drug-likeness (QED) is 0.467. The lowest BCUT2D eigenvalue weighted by atomic mass is 10.2. The van der Waals surface area contributed by atoms with Crippen LogP contribution in [-0.4, -0.2) is 32.3 Å². The van der Waals surface area contributed by atoms with Gasteiger partial charge in [-0.25, -0.2) is 4.79 Å². The number of benzene rings is 2. The van der Waals surface area contributed by atoms with E-state index in [0.29, 0.717) is 17.0 Å². The Morgan fingerprint density at radius 3 is 2.45 bits per heavy atom. The Kier molecular flexibility index (Phi) is 6.40. The van der Waals surface area contributed by atoms with Gasteiger partial charge in [0, 0.05) is 18.9 Å². The molecule has 0 aliphatic heterocycles. The smallest absolute Gasteiger partial charge is 0.352 e. The molecule has 4 rings (SSSR count). The molecule has 2 heterocycles. The van der Waals surface area contributed by atoms with Crippen molar-refractivity contribution in [2.24, 2.45) is 0 Å². The molecule has 1 amide bonds. The van der Waals surface area contributed by atoms with Crippen LogP contribution in [0.3, 0.4) is 0 Å². The predicted molar refractivity (Wildman–Crippen MR) is 122 cm³/mol. The summed E-state index contributed by atoms with van der Waals surface area (Å²) in [4.78, 5) is 43.2. The number of hydrogen-bond donors (Lipinski definition) is 1. The molecule has 2 aromatic heterocycles. The highest BCUT2D eigenvalue weighted by Gasteiger charge is 2.20. The molecule has 33 heavy (non-hydrogen) atoms. The van der Waals surface area contributed by atoms with E-state index >= 15 is 0 Å². The van der Waals surface area contributed by atoms with Gasteiger partial charge in [-0.15, -0.1) is 0 Å². The number of nitrogens with zero attached hydrogens (tertiary/aromatic N) is 4. The number of pyridine rings is 1. The number of methoxy groups -OCH3 is 1. The minimum atomic E-state index is -0.776. The van der Waals surface area contributed by atoms with Gasteiger partial charge in [-0.05, 0) is 47.5 Å². The number of nitrogens with one attached hydrogen (secondary N) is 1.